The van der Waals surface area contributed by atoms with Crippen molar-refractivity contribution in [2.75, 3.05) is 57.3 Å². The van der Waals surface area contributed by atoms with Crippen LogP contribution in [0.25, 0.3) is 21.6 Å². The lowest BCUT2D eigenvalue weighted by Crippen LogP contribution is -2.29. The number of ether oxygens (including phenoxy) is 1. The second-order valence-corrected chi connectivity index (χ2v) is 8.97. The van der Waals surface area contributed by atoms with E-state index >= 15 is 0 Å². The third-order valence-electron chi connectivity index (χ3n) is 6.01. The first-order valence-electron chi connectivity index (χ1n) is 11.5. The van der Waals surface area contributed by atoms with Gasteiger partial charge in [-0.05, 0) is 46.1 Å². The molecule has 4 aromatic rings. The average molecular weight is 486 g/mol. The van der Waals surface area contributed by atoms with Crippen molar-refractivity contribution in [1.29, 1.82) is 0 Å². The fraction of sp³-hybridized carbons (Fsp3) is 0.308. The highest BCUT2D eigenvalue weighted by molar-refractivity contribution is 5.87. The molecule has 0 saturated heterocycles. The van der Waals surface area contributed by atoms with Gasteiger partial charge in [0.25, 0.3) is 0 Å². The van der Waals surface area contributed by atoms with Gasteiger partial charge in [-0.2, -0.15) is 10.1 Å². The lowest BCUT2D eigenvalue weighted by atomic mass is 10.2. The van der Waals surface area contributed by atoms with E-state index in [9.17, 15) is 0 Å². The molecule has 4 rings (SSSR count). The van der Waals surface area contributed by atoms with Gasteiger partial charge in [-0.3, -0.25) is 0 Å². The van der Waals surface area contributed by atoms with Crippen molar-refractivity contribution in [3.63, 3.8) is 0 Å². The predicted octanol–water partition coefficient (Wildman–Crippen LogP) is 4.32. The summed E-state index contributed by atoms with van der Waals surface area (Å²) in [7, 11) is 7.71. The molecule has 2 aromatic carbocycles. The fourth-order valence-electron chi connectivity index (χ4n) is 3.97. The summed E-state index contributed by atoms with van der Waals surface area (Å²) in [6.45, 7) is 12.9. The van der Waals surface area contributed by atoms with Gasteiger partial charge in [0.1, 0.15) is 5.75 Å². The second kappa shape index (κ2) is 10.1. The number of rotatable bonds is 8. The van der Waals surface area contributed by atoms with E-state index in [0.717, 1.165) is 40.9 Å². The van der Waals surface area contributed by atoms with Crippen molar-refractivity contribution in [2.45, 2.75) is 13.8 Å². The Morgan fingerprint density at radius 2 is 1.92 bits per heavy atom. The Labute approximate surface area is 211 Å². The van der Waals surface area contributed by atoms with Gasteiger partial charge in [0.05, 0.1) is 42.0 Å². The maximum Gasteiger partial charge on any atom is 0.229 e. The van der Waals surface area contributed by atoms with Crippen LogP contribution in [0.5, 0.6) is 5.75 Å². The Morgan fingerprint density at radius 3 is 2.61 bits per heavy atom. The summed E-state index contributed by atoms with van der Waals surface area (Å²) in [6, 6.07) is 9.28. The van der Waals surface area contributed by atoms with Gasteiger partial charge < -0.3 is 25.6 Å². The zero-order valence-corrected chi connectivity index (χ0v) is 21.5. The SMILES string of the molecule is [C-]#[N+]c1ccc2c(c1)c(C)nn2-c1nc(Nc2cc(N)c(N(C)CCN(C)C)cc2OC)ncc1C. The molecule has 0 spiro atoms. The highest BCUT2D eigenvalue weighted by atomic mass is 16.5. The van der Waals surface area contributed by atoms with Crippen molar-refractivity contribution < 1.29 is 4.74 Å². The smallest absolute Gasteiger partial charge is 0.229 e. The first-order chi connectivity index (χ1) is 17.2. The van der Waals surface area contributed by atoms with Crippen molar-refractivity contribution in [2.24, 2.45) is 0 Å². The molecular weight excluding hydrogens is 454 g/mol. The number of aryl methyl sites for hydroxylation is 2. The molecule has 0 atom stereocenters. The second-order valence-electron chi connectivity index (χ2n) is 8.97. The van der Waals surface area contributed by atoms with Crippen LogP contribution in [0.15, 0.2) is 36.5 Å². The summed E-state index contributed by atoms with van der Waals surface area (Å²) in [5.74, 6) is 1.67. The third-order valence-corrected chi connectivity index (χ3v) is 6.01. The van der Waals surface area contributed by atoms with Gasteiger partial charge in [-0.1, -0.05) is 6.07 Å². The number of likely N-dealkylation sites (N-methyl/N-ethyl adjacent to an activating group) is 2. The van der Waals surface area contributed by atoms with Crippen LogP contribution in [0, 0.1) is 20.4 Å². The van der Waals surface area contributed by atoms with Gasteiger partial charge in [0.15, 0.2) is 11.5 Å². The van der Waals surface area contributed by atoms with Crippen LogP contribution in [-0.2, 0) is 0 Å². The standard InChI is InChI=1S/C26H31N9O/c1-16-15-29-26(31-25(16)35-22-9-8-18(28-3)12-19(22)17(2)32-35)30-21-13-20(27)23(14-24(21)36-7)34(6)11-10-33(4)5/h8-9,12-15H,10-11,27H2,1-2,4-7H3,(H,29,30,31). The van der Waals surface area contributed by atoms with Crippen LogP contribution in [0.2, 0.25) is 0 Å². The maximum absolute atomic E-state index is 7.30. The maximum atomic E-state index is 7.30. The minimum absolute atomic E-state index is 0.390. The van der Waals surface area contributed by atoms with Crippen LogP contribution in [0.1, 0.15) is 11.3 Å². The number of nitrogens with zero attached hydrogens (tertiary/aromatic N) is 7. The van der Waals surface area contributed by atoms with E-state index in [-0.39, 0.29) is 0 Å². The van der Waals surface area contributed by atoms with E-state index in [1.165, 1.54) is 0 Å². The highest BCUT2D eigenvalue weighted by Crippen LogP contribution is 2.36. The number of anilines is 4. The van der Waals surface area contributed by atoms with Crippen molar-refractivity contribution in [3.05, 3.63) is 59.2 Å². The largest absolute Gasteiger partial charge is 0.494 e. The Kier molecular flexibility index (Phi) is 6.94. The van der Waals surface area contributed by atoms with Crippen LogP contribution in [-0.4, -0.2) is 66.0 Å². The molecular formula is C26H31N9O. The zero-order chi connectivity index (χ0) is 26.0. The molecule has 2 aromatic heterocycles. The Balaban J connectivity index is 1.69. The van der Waals surface area contributed by atoms with Crippen LogP contribution in [0.4, 0.5) is 28.7 Å². The summed E-state index contributed by atoms with van der Waals surface area (Å²) < 4.78 is 7.44. The Bertz CT molecular complexity index is 1450. The normalized spacial score (nSPS) is 11.1. The minimum Gasteiger partial charge on any atom is -0.494 e. The van der Waals surface area contributed by atoms with Gasteiger partial charge in [0, 0.05) is 43.4 Å². The number of benzene rings is 2. The zero-order valence-electron chi connectivity index (χ0n) is 21.5. The molecule has 186 valence electrons. The lowest BCUT2D eigenvalue weighted by molar-refractivity contribution is 0.413. The Hall–Kier alpha value is -4.36. The van der Waals surface area contributed by atoms with E-state index in [0.29, 0.717) is 34.6 Å². The van der Waals surface area contributed by atoms with E-state index in [1.54, 1.807) is 24.1 Å². The molecule has 0 aliphatic rings. The molecule has 36 heavy (non-hydrogen) atoms. The summed E-state index contributed by atoms with van der Waals surface area (Å²) >= 11 is 0. The summed E-state index contributed by atoms with van der Waals surface area (Å²) in [6.07, 6.45) is 1.75. The van der Waals surface area contributed by atoms with Crippen LogP contribution < -0.4 is 20.7 Å². The Morgan fingerprint density at radius 1 is 1.14 bits per heavy atom. The van der Waals surface area contributed by atoms with Gasteiger partial charge in [-0.15, -0.1) is 0 Å². The number of methoxy groups -OCH3 is 1. The molecule has 10 heteroatoms. The van der Waals surface area contributed by atoms with Crippen molar-refractivity contribution in [3.8, 4) is 11.6 Å². The van der Waals surface area contributed by atoms with Crippen molar-refractivity contribution in [1.82, 2.24) is 24.6 Å². The first kappa shape index (κ1) is 24.8. The predicted molar refractivity (Wildman–Crippen MR) is 145 cm³/mol. The van der Waals surface area contributed by atoms with Crippen molar-refractivity contribution >= 4 is 39.6 Å². The molecule has 3 N–H and O–H groups in total. The van der Waals surface area contributed by atoms with Gasteiger partial charge in [-0.25, -0.2) is 14.5 Å². The quantitative estimate of drug-likeness (QED) is 0.281. The number of fused-ring (bicyclic) bond motifs is 1. The van der Waals surface area contributed by atoms with E-state index < -0.39 is 0 Å². The van der Waals surface area contributed by atoms with Crippen LogP contribution in [0.3, 0.4) is 0 Å². The summed E-state index contributed by atoms with van der Waals surface area (Å²) in [5.41, 5.74) is 11.7. The number of nitrogens with one attached hydrogen (secondary N) is 1. The lowest BCUT2D eigenvalue weighted by Gasteiger charge is -2.24. The van der Waals surface area contributed by atoms with E-state index in [4.69, 9.17) is 27.1 Å². The molecule has 0 aliphatic carbocycles. The molecule has 0 bridgehead atoms. The van der Waals surface area contributed by atoms with E-state index in [2.05, 4.69) is 24.9 Å². The molecule has 0 radical (unpaired) electrons. The summed E-state index contributed by atoms with van der Waals surface area (Å²) in [5, 5.41) is 8.87. The molecule has 0 saturated carbocycles. The van der Waals surface area contributed by atoms with Gasteiger partial charge in [0.2, 0.25) is 5.95 Å². The number of hydrogen-bond acceptors (Lipinski definition) is 8. The topological polar surface area (TPSA) is 102 Å². The minimum atomic E-state index is 0.390. The first-order valence-corrected chi connectivity index (χ1v) is 11.5. The molecule has 0 unspecified atom stereocenters. The van der Waals surface area contributed by atoms with Crippen LogP contribution >= 0.6 is 0 Å². The molecule has 0 fully saturated rings. The number of hydrogen-bond donors (Lipinski definition) is 2. The number of nitrogens with two attached hydrogens (primary N) is 1. The summed E-state index contributed by atoms with van der Waals surface area (Å²) in [4.78, 5) is 17.0. The monoisotopic (exact) mass is 485 g/mol. The number of nitrogen functional groups attached to an aromatic ring is 1. The molecule has 2 heterocycles. The highest BCUT2D eigenvalue weighted by Gasteiger charge is 2.16. The molecule has 0 aliphatic heterocycles. The average Bonchev–Trinajstić information content (AvgIpc) is 3.19. The third kappa shape index (κ3) is 4.87. The fourth-order valence-corrected chi connectivity index (χ4v) is 3.97. The van der Waals surface area contributed by atoms with Gasteiger partial charge >= 0.3 is 0 Å². The molecule has 0 amide bonds. The molecule has 10 nitrogen and oxygen atoms in total. The van der Waals surface area contributed by atoms with E-state index in [1.807, 2.05) is 59.3 Å². The number of aromatic nitrogens is 4.